The van der Waals surface area contributed by atoms with Gasteiger partial charge in [0.2, 0.25) is 5.89 Å². The summed E-state index contributed by atoms with van der Waals surface area (Å²) in [4.78, 5) is 15.5. The van der Waals surface area contributed by atoms with Crippen LogP contribution >= 0.6 is 0 Å². The Morgan fingerprint density at radius 1 is 1.12 bits per heavy atom. The Hall–Kier alpha value is -3.28. The summed E-state index contributed by atoms with van der Waals surface area (Å²) in [6.07, 6.45) is 1.40. The van der Waals surface area contributed by atoms with Gasteiger partial charge in [-0.05, 0) is 35.9 Å². The number of para-hydroxylation sites is 2. The molecule has 2 aromatic carbocycles. The van der Waals surface area contributed by atoms with E-state index in [1.807, 2.05) is 24.3 Å². The van der Waals surface area contributed by atoms with Gasteiger partial charge >= 0.3 is 0 Å². The van der Waals surface area contributed by atoms with Gasteiger partial charge < -0.3 is 23.8 Å². The van der Waals surface area contributed by atoms with Crippen molar-refractivity contribution in [3.8, 4) is 11.5 Å². The van der Waals surface area contributed by atoms with Crippen LogP contribution in [0.1, 0.15) is 17.9 Å². The monoisotopic (exact) mass is 336 g/mol. The van der Waals surface area contributed by atoms with Crippen molar-refractivity contribution in [1.29, 1.82) is 0 Å². The molecule has 126 valence electrons. The lowest BCUT2D eigenvalue weighted by Gasteiger charge is -2.18. The Morgan fingerprint density at radius 2 is 1.92 bits per heavy atom. The minimum absolute atomic E-state index is 0.264. The summed E-state index contributed by atoms with van der Waals surface area (Å²) in [5.41, 5.74) is 2.46. The third-order valence-corrected chi connectivity index (χ3v) is 3.81. The Kier molecular flexibility index (Phi) is 3.85. The van der Waals surface area contributed by atoms with Gasteiger partial charge in [-0.2, -0.15) is 0 Å². The van der Waals surface area contributed by atoms with Gasteiger partial charge in [-0.15, -0.1) is 0 Å². The van der Waals surface area contributed by atoms with Crippen molar-refractivity contribution >= 4 is 28.7 Å². The van der Waals surface area contributed by atoms with Crippen LogP contribution in [0.15, 0.2) is 46.9 Å². The van der Waals surface area contributed by atoms with Crippen molar-refractivity contribution in [1.82, 2.24) is 4.98 Å². The first-order valence-electron chi connectivity index (χ1n) is 7.85. The molecule has 0 fully saturated rings. The number of hydrogen-bond acceptors (Lipinski definition) is 6. The topological polar surface area (TPSA) is 84.6 Å². The van der Waals surface area contributed by atoms with Gasteiger partial charge in [-0.1, -0.05) is 18.2 Å². The van der Waals surface area contributed by atoms with Crippen LogP contribution in [0.2, 0.25) is 0 Å². The largest absolute Gasteiger partial charge is 0.550 e. The average Bonchev–Trinajstić information content (AvgIpc) is 3.05. The maximum Gasteiger partial charge on any atom is 0.223 e. The molecule has 1 aliphatic rings. The van der Waals surface area contributed by atoms with Crippen LogP contribution in [0, 0.1) is 0 Å². The second-order valence-electron chi connectivity index (χ2n) is 5.61. The van der Waals surface area contributed by atoms with E-state index in [1.54, 1.807) is 24.3 Å². The summed E-state index contributed by atoms with van der Waals surface area (Å²) >= 11 is 0. The lowest BCUT2D eigenvalue weighted by atomic mass is 10.1. The molecule has 4 rings (SSSR count). The van der Waals surface area contributed by atoms with Crippen molar-refractivity contribution in [2.75, 3.05) is 13.2 Å². The summed E-state index contributed by atoms with van der Waals surface area (Å²) in [6, 6.07) is 12.7. The number of ether oxygens (including phenoxy) is 2. The van der Waals surface area contributed by atoms with E-state index < -0.39 is 5.97 Å². The SMILES string of the molecule is O=C([O-])C/C(=C\c1ccc2c(c1)OCCO2)c1nc2ccccc2o1. The first kappa shape index (κ1) is 15.3. The average molecular weight is 336 g/mol. The van der Waals surface area contributed by atoms with Gasteiger partial charge in [-0.3, -0.25) is 0 Å². The predicted octanol–water partition coefficient (Wildman–Crippen LogP) is 2.28. The molecule has 6 nitrogen and oxygen atoms in total. The van der Waals surface area contributed by atoms with Gasteiger partial charge in [0.15, 0.2) is 17.1 Å². The van der Waals surface area contributed by atoms with Crippen LogP contribution in [-0.4, -0.2) is 24.2 Å². The van der Waals surface area contributed by atoms with Gasteiger partial charge in [0.1, 0.15) is 18.7 Å². The van der Waals surface area contributed by atoms with E-state index in [4.69, 9.17) is 13.9 Å². The van der Waals surface area contributed by atoms with Crippen molar-refractivity contribution in [3.05, 3.63) is 53.9 Å². The first-order valence-corrected chi connectivity index (χ1v) is 7.85. The number of benzene rings is 2. The molecule has 3 aromatic rings. The lowest BCUT2D eigenvalue weighted by molar-refractivity contribution is -0.304. The van der Waals surface area contributed by atoms with Crippen molar-refractivity contribution in [2.24, 2.45) is 0 Å². The van der Waals surface area contributed by atoms with Crippen LogP contribution in [0.5, 0.6) is 11.5 Å². The summed E-state index contributed by atoms with van der Waals surface area (Å²) in [6.45, 7) is 0.998. The zero-order valence-electron chi connectivity index (χ0n) is 13.2. The summed E-state index contributed by atoms with van der Waals surface area (Å²) in [7, 11) is 0. The number of fused-ring (bicyclic) bond motifs is 2. The number of nitrogens with zero attached hydrogens (tertiary/aromatic N) is 1. The molecular formula is C19H14NO5-. The third kappa shape index (κ3) is 3.19. The third-order valence-electron chi connectivity index (χ3n) is 3.81. The van der Waals surface area contributed by atoms with Crippen molar-refractivity contribution in [3.63, 3.8) is 0 Å². The molecule has 2 heterocycles. The molecule has 0 saturated heterocycles. The highest BCUT2D eigenvalue weighted by molar-refractivity contribution is 5.90. The summed E-state index contributed by atoms with van der Waals surface area (Å²) in [5, 5.41) is 11.2. The van der Waals surface area contributed by atoms with E-state index in [2.05, 4.69) is 4.98 Å². The predicted molar refractivity (Wildman–Crippen MR) is 88.9 cm³/mol. The fourth-order valence-electron chi connectivity index (χ4n) is 2.70. The fraction of sp³-hybridized carbons (Fsp3) is 0.158. The number of rotatable bonds is 4. The standard InChI is InChI=1S/C19H15NO5/c21-18(22)11-13(19-20-14-3-1-2-4-15(14)25-19)9-12-5-6-16-17(10-12)24-8-7-23-16/h1-6,9-10H,7-8,11H2,(H,21,22)/p-1/b13-9+. The Labute approximate surface area is 143 Å². The molecule has 0 unspecified atom stereocenters. The van der Waals surface area contributed by atoms with E-state index in [9.17, 15) is 9.90 Å². The molecule has 0 aliphatic carbocycles. The zero-order valence-corrected chi connectivity index (χ0v) is 13.2. The number of aromatic nitrogens is 1. The van der Waals surface area contributed by atoms with E-state index in [1.165, 1.54) is 0 Å². The zero-order chi connectivity index (χ0) is 17.2. The quantitative estimate of drug-likeness (QED) is 0.727. The minimum atomic E-state index is -1.20. The highest BCUT2D eigenvalue weighted by atomic mass is 16.6. The van der Waals surface area contributed by atoms with E-state index in [0.29, 0.717) is 41.4 Å². The highest BCUT2D eigenvalue weighted by Crippen LogP contribution is 2.32. The highest BCUT2D eigenvalue weighted by Gasteiger charge is 2.14. The number of carboxylic acids is 1. The first-order chi connectivity index (χ1) is 12.2. The molecule has 1 aromatic heterocycles. The second-order valence-corrected chi connectivity index (χ2v) is 5.61. The fourth-order valence-corrected chi connectivity index (χ4v) is 2.70. The van der Waals surface area contributed by atoms with Crippen LogP contribution in [0.3, 0.4) is 0 Å². The maximum atomic E-state index is 11.2. The normalized spacial score (nSPS) is 13.8. The molecule has 0 saturated carbocycles. The molecule has 1 aliphatic heterocycles. The van der Waals surface area contributed by atoms with Crippen molar-refractivity contribution < 1.29 is 23.8 Å². The molecule has 0 N–H and O–H groups in total. The van der Waals surface area contributed by atoms with E-state index in [-0.39, 0.29) is 12.3 Å². The van der Waals surface area contributed by atoms with Gasteiger partial charge in [-0.25, -0.2) is 4.98 Å². The number of oxazole rings is 1. The lowest BCUT2D eigenvalue weighted by Crippen LogP contribution is -2.22. The molecule has 0 radical (unpaired) electrons. The van der Waals surface area contributed by atoms with Gasteiger partial charge in [0, 0.05) is 18.0 Å². The molecule has 0 bridgehead atoms. The van der Waals surface area contributed by atoms with E-state index >= 15 is 0 Å². The van der Waals surface area contributed by atoms with Crippen molar-refractivity contribution in [2.45, 2.75) is 6.42 Å². The summed E-state index contributed by atoms with van der Waals surface area (Å²) in [5.74, 6) is 0.364. The molecule has 25 heavy (non-hydrogen) atoms. The van der Waals surface area contributed by atoms with E-state index in [0.717, 1.165) is 5.56 Å². The molecule has 0 amide bonds. The Morgan fingerprint density at radius 3 is 2.72 bits per heavy atom. The van der Waals surface area contributed by atoms with Crippen LogP contribution in [0.4, 0.5) is 0 Å². The van der Waals surface area contributed by atoms with Gasteiger partial charge in [0.25, 0.3) is 0 Å². The number of aliphatic carboxylic acids is 1. The molecule has 0 spiro atoms. The van der Waals surface area contributed by atoms with Crippen LogP contribution in [-0.2, 0) is 4.79 Å². The Balaban J connectivity index is 1.75. The van der Waals surface area contributed by atoms with Crippen LogP contribution in [0.25, 0.3) is 22.7 Å². The number of carboxylic acid groups (broad SMARTS) is 1. The summed E-state index contributed by atoms with van der Waals surface area (Å²) < 4.78 is 16.7. The van der Waals surface area contributed by atoms with Crippen LogP contribution < -0.4 is 14.6 Å². The number of hydrogen-bond donors (Lipinski definition) is 0. The Bertz CT molecular complexity index is 940. The van der Waals surface area contributed by atoms with Gasteiger partial charge in [0.05, 0.1) is 0 Å². The maximum absolute atomic E-state index is 11.2. The molecular weight excluding hydrogens is 322 g/mol. The molecule has 6 heteroatoms. The number of carbonyl (C=O) groups is 1. The second kappa shape index (κ2) is 6.32. The number of carbonyl (C=O) groups excluding carboxylic acids is 1. The molecule has 0 atom stereocenters. The smallest absolute Gasteiger partial charge is 0.223 e. The minimum Gasteiger partial charge on any atom is -0.550 e.